The molecule has 15 heavy (non-hydrogen) atoms. The fourth-order valence-electron chi connectivity index (χ4n) is 2.17. The maximum absolute atomic E-state index is 10.6. The number of hydrogen-bond donors (Lipinski definition) is 1. The molecule has 0 aromatic heterocycles. The Morgan fingerprint density at radius 2 is 1.73 bits per heavy atom. The van der Waals surface area contributed by atoms with Crippen molar-refractivity contribution in [1.29, 1.82) is 0 Å². The molecule has 1 fully saturated rings. The fraction of sp³-hybridized carbons (Fsp3) is 0.462. The first-order valence-electron chi connectivity index (χ1n) is 5.65. The van der Waals surface area contributed by atoms with Crippen molar-refractivity contribution in [2.75, 3.05) is 5.32 Å². The van der Waals surface area contributed by atoms with Crippen LogP contribution in [0.25, 0.3) is 0 Å². The molecule has 2 nitrogen and oxygen atoms in total. The van der Waals surface area contributed by atoms with E-state index >= 15 is 0 Å². The minimum atomic E-state index is 0.304. The summed E-state index contributed by atoms with van der Waals surface area (Å²) in [5.74, 6) is 0.304. The summed E-state index contributed by atoms with van der Waals surface area (Å²) >= 11 is 0. The van der Waals surface area contributed by atoms with E-state index in [4.69, 9.17) is 0 Å². The van der Waals surface area contributed by atoms with Crippen molar-refractivity contribution in [2.24, 2.45) is 5.92 Å². The van der Waals surface area contributed by atoms with Crippen LogP contribution < -0.4 is 5.32 Å². The van der Waals surface area contributed by atoms with Crippen molar-refractivity contribution in [3.05, 3.63) is 30.3 Å². The molecule has 0 spiro atoms. The quantitative estimate of drug-likeness (QED) is 0.765. The molecule has 0 heterocycles. The summed E-state index contributed by atoms with van der Waals surface area (Å²) in [6.45, 7) is 0. The molecule has 1 aromatic rings. The minimum absolute atomic E-state index is 0.304. The summed E-state index contributed by atoms with van der Waals surface area (Å²) in [7, 11) is 0. The molecule has 0 radical (unpaired) electrons. The number of anilines is 1. The zero-order chi connectivity index (χ0) is 10.5. The van der Waals surface area contributed by atoms with E-state index in [1.165, 1.54) is 5.69 Å². The number of hydrogen-bond acceptors (Lipinski definition) is 2. The van der Waals surface area contributed by atoms with Gasteiger partial charge in [0.2, 0.25) is 0 Å². The summed E-state index contributed by atoms with van der Waals surface area (Å²) in [6.07, 6.45) is 5.40. The van der Waals surface area contributed by atoms with E-state index < -0.39 is 0 Å². The van der Waals surface area contributed by atoms with Crippen LogP contribution in [-0.2, 0) is 4.79 Å². The first kappa shape index (κ1) is 10.2. The fourth-order valence-corrected chi connectivity index (χ4v) is 2.17. The highest BCUT2D eigenvalue weighted by atomic mass is 16.1. The van der Waals surface area contributed by atoms with Gasteiger partial charge in [-0.25, -0.2) is 0 Å². The lowest BCUT2D eigenvalue weighted by atomic mass is 9.87. The SMILES string of the molecule is O=CC1CCC(Nc2ccccc2)CC1. The third-order valence-electron chi connectivity index (χ3n) is 3.11. The largest absolute Gasteiger partial charge is 0.382 e. The third-order valence-corrected chi connectivity index (χ3v) is 3.11. The molecule has 0 saturated heterocycles. The highest BCUT2D eigenvalue weighted by molar-refractivity contribution is 5.53. The zero-order valence-electron chi connectivity index (χ0n) is 8.86. The number of carbonyl (C=O) groups is 1. The molecule has 80 valence electrons. The second kappa shape index (κ2) is 4.96. The lowest BCUT2D eigenvalue weighted by Gasteiger charge is -2.27. The average molecular weight is 203 g/mol. The number of aldehydes is 1. The Bertz CT molecular complexity index is 302. The van der Waals surface area contributed by atoms with Gasteiger partial charge in [-0.15, -0.1) is 0 Å². The Labute approximate surface area is 90.7 Å². The van der Waals surface area contributed by atoms with Gasteiger partial charge in [-0.1, -0.05) is 18.2 Å². The van der Waals surface area contributed by atoms with Crippen LogP contribution in [0.5, 0.6) is 0 Å². The lowest BCUT2D eigenvalue weighted by molar-refractivity contribution is -0.111. The van der Waals surface area contributed by atoms with Crippen molar-refractivity contribution in [2.45, 2.75) is 31.7 Å². The molecular weight excluding hydrogens is 186 g/mol. The van der Waals surface area contributed by atoms with E-state index in [2.05, 4.69) is 17.4 Å². The van der Waals surface area contributed by atoms with Crippen molar-refractivity contribution in [3.8, 4) is 0 Å². The van der Waals surface area contributed by atoms with Gasteiger partial charge < -0.3 is 10.1 Å². The smallest absolute Gasteiger partial charge is 0.123 e. The predicted octanol–water partition coefficient (Wildman–Crippen LogP) is 2.86. The Hall–Kier alpha value is -1.31. The van der Waals surface area contributed by atoms with Crippen molar-refractivity contribution >= 4 is 12.0 Å². The van der Waals surface area contributed by atoms with Crippen molar-refractivity contribution in [1.82, 2.24) is 0 Å². The molecule has 1 N–H and O–H groups in total. The number of benzene rings is 1. The van der Waals surface area contributed by atoms with E-state index in [9.17, 15) is 4.79 Å². The van der Waals surface area contributed by atoms with Crippen LogP contribution in [0.1, 0.15) is 25.7 Å². The maximum Gasteiger partial charge on any atom is 0.123 e. The van der Waals surface area contributed by atoms with Crippen LogP contribution in [0.2, 0.25) is 0 Å². The van der Waals surface area contributed by atoms with Gasteiger partial charge in [-0.05, 0) is 37.8 Å². The van der Waals surface area contributed by atoms with Gasteiger partial charge in [0.1, 0.15) is 6.29 Å². The summed E-state index contributed by atoms with van der Waals surface area (Å²) in [5, 5.41) is 3.51. The maximum atomic E-state index is 10.6. The van der Waals surface area contributed by atoms with E-state index in [1.807, 2.05) is 18.2 Å². The lowest BCUT2D eigenvalue weighted by Crippen LogP contribution is -2.26. The van der Waals surface area contributed by atoms with Crippen molar-refractivity contribution in [3.63, 3.8) is 0 Å². The van der Waals surface area contributed by atoms with E-state index in [-0.39, 0.29) is 0 Å². The summed E-state index contributed by atoms with van der Waals surface area (Å²) in [5.41, 5.74) is 1.19. The molecular formula is C13H17NO. The first-order valence-corrected chi connectivity index (χ1v) is 5.65. The van der Waals surface area contributed by atoms with Gasteiger partial charge in [-0.2, -0.15) is 0 Å². The van der Waals surface area contributed by atoms with E-state index in [1.54, 1.807) is 0 Å². The van der Waals surface area contributed by atoms with Crippen LogP contribution in [0.4, 0.5) is 5.69 Å². The normalized spacial score (nSPS) is 25.9. The van der Waals surface area contributed by atoms with Crippen LogP contribution in [0.3, 0.4) is 0 Å². The number of rotatable bonds is 3. The molecule has 1 aromatic carbocycles. The first-order chi connectivity index (χ1) is 7.38. The molecule has 0 amide bonds. The van der Waals surface area contributed by atoms with Crippen LogP contribution >= 0.6 is 0 Å². The zero-order valence-corrected chi connectivity index (χ0v) is 8.86. The monoisotopic (exact) mass is 203 g/mol. The second-order valence-corrected chi connectivity index (χ2v) is 4.26. The molecule has 2 heteroatoms. The number of para-hydroxylation sites is 1. The van der Waals surface area contributed by atoms with Gasteiger partial charge >= 0.3 is 0 Å². The van der Waals surface area contributed by atoms with Gasteiger partial charge in [0.15, 0.2) is 0 Å². The van der Waals surface area contributed by atoms with Crippen LogP contribution in [0, 0.1) is 5.92 Å². The molecule has 1 saturated carbocycles. The molecule has 0 bridgehead atoms. The molecule has 1 aliphatic carbocycles. The Kier molecular flexibility index (Phi) is 3.38. The Morgan fingerprint density at radius 3 is 2.33 bits per heavy atom. The minimum Gasteiger partial charge on any atom is -0.382 e. The summed E-state index contributed by atoms with van der Waals surface area (Å²) in [6, 6.07) is 10.8. The molecule has 2 rings (SSSR count). The standard InChI is InChI=1S/C13H17NO/c15-10-11-6-8-13(9-7-11)14-12-4-2-1-3-5-12/h1-5,10-11,13-14H,6-9H2. The Morgan fingerprint density at radius 1 is 1.07 bits per heavy atom. The molecule has 0 atom stereocenters. The number of carbonyl (C=O) groups excluding carboxylic acids is 1. The molecule has 1 aliphatic rings. The summed E-state index contributed by atoms with van der Waals surface area (Å²) < 4.78 is 0. The Balaban J connectivity index is 1.85. The van der Waals surface area contributed by atoms with Gasteiger partial charge in [-0.3, -0.25) is 0 Å². The third kappa shape index (κ3) is 2.82. The molecule has 0 aliphatic heterocycles. The number of nitrogens with one attached hydrogen (secondary N) is 1. The van der Waals surface area contributed by atoms with Gasteiger partial charge in [0, 0.05) is 17.6 Å². The van der Waals surface area contributed by atoms with Gasteiger partial charge in [0.05, 0.1) is 0 Å². The molecule has 0 unspecified atom stereocenters. The van der Waals surface area contributed by atoms with Crippen LogP contribution in [-0.4, -0.2) is 12.3 Å². The van der Waals surface area contributed by atoms with E-state index in [0.717, 1.165) is 32.0 Å². The highest BCUT2D eigenvalue weighted by Gasteiger charge is 2.20. The van der Waals surface area contributed by atoms with Gasteiger partial charge in [0.25, 0.3) is 0 Å². The highest BCUT2D eigenvalue weighted by Crippen LogP contribution is 2.25. The van der Waals surface area contributed by atoms with Crippen LogP contribution in [0.15, 0.2) is 30.3 Å². The predicted molar refractivity (Wildman–Crippen MR) is 61.9 cm³/mol. The average Bonchev–Trinajstić information content (AvgIpc) is 2.31. The van der Waals surface area contributed by atoms with E-state index in [0.29, 0.717) is 12.0 Å². The topological polar surface area (TPSA) is 29.1 Å². The summed E-state index contributed by atoms with van der Waals surface area (Å²) in [4.78, 5) is 10.6. The van der Waals surface area contributed by atoms with Crippen molar-refractivity contribution < 1.29 is 4.79 Å². The second-order valence-electron chi connectivity index (χ2n) is 4.26.